The number of allylic oxidation sites excluding steroid dienone is 1. The van der Waals surface area contributed by atoms with Crippen molar-refractivity contribution in [1.82, 2.24) is 0 Å². The Bertz CT molecular complexity index is 1490. The normalized spacial score (nSPS) is 38.9. The smallest absolute Gasteiger partial charge is 0.331 e. The van der Waals surface area contributed by atoms with Crippen LogP contribution in [0, 0.1) is 22.7 Å². The van der Waals surface area contributed by atoms with Gasteiger partial charge in [-0.15, -0.1) is 0 Å². The molecule has 0 bridgehead atoms. The van der Waals surface area contributed by atoms with E-state index in [0.29, 0.717) is 19.3 Å². The first-order valence-electron chi connectivity index (χ1n) is 16.3. The molecule has 1 aromatic carbocycles. The molecule has 3 fully saturated rings. The van der Waals surface area contributed by atoms with E-state index in [1.807, 2.05) is 51.1 Å². The van der Waals surface area contributed by atoms with Crippen LogP contribution >= 0.6 is 15.9 Å². The standard InChI is InChI=1S/C37H47BrO8/c1-22(2)23(3)19-32(41)46-30-21-29-33(5)15-14-28(45-31(40)12-9-25-7-10-27(38)11-8-25)20-26(33)13-16-36(29,43)37(44)18-17-35(42,24(4)39)34(30,37)6/h7-13,19,22,28-30,42-44H,14-18,20-21H2,1-6H3/b12-9+,23-19+/t28-,29+,30+,33-,34+,35+,36-,37+/m0/s1. The van der Waals surface area contributed by atoms with Gasteiger partial charge in [-0.05, 0) is 94.4 Å². The minimum atomic E-state index is -2.00. The predicted molar refractivity (Wildman–Crippen MR) is 177 cm³/mol. The van der Waals surface area contributed by atoms with Gasteiger partial charge in [0.2, 0.25) is 0 Å². The number of carbonyl (C=O) groups is 3. The number of hydrogen-bond acceptors (Lipinski definition) is 8. The van der Waals surface area contributed by atoms with Crippen molar-refractivity contribution in [3.63, 3.8) is 0 Å². The summed E-state index contributed by atoms with van der Waals surface area (Å²) in [5.74, 6) is -2.00. The molecule has 0 unspecified atom stereocenters. The Labute approximate surface area is 280 Å². The summed E-state index contributed by atoms with van der Waals surface area (Å²) in [7, 11) is 0. The second kappa shape index (κ2) is 12.1. The number of hydrogen-bond donors (Lipinski definition) is 3. The highest BCUT2D eigenvalue weighted by Gasteiger charge is 2.81. The SMILES string of the molecule is CC(=O)[C@]1(O)CC[C@@]2(O)[C@]1(C)[C@H](OC(=O)/C=C(\C)C(C)C)C[C@@H]1[C@@]3(C)CC[C@H](OC(=O)/C=C/c4ccc(Br)cc4)CC3=CC[C@]12O. The Balaban J connectivity index is 1.44. The Morgan fingerprint density at radius 2 is 1.65 bits per heavy atom. The van der Waals surface area contributed by atoms with Crippen molar-refractivity contribution in [3.05, 3.63) is 63.7 Å². The first kappa shape index (κ1) is 34.7. The molecular formula is C37H47BrO8. The number of ether oxygens (including phenoxy) is 2. The molecule has 8 atom stereocenters. The fourth-order valence-electron chi connectivity index (χ4n) is 8.93. The van der Waals surface area contributed by atoms with Crippen LogP contribution in [0.1, 0.15) is 92.1 Å². The molecule has 0 amide bonds. The van der Waals surface area contributed by atoms with Gasteiger partial charge in [0.15, 0.2) is 5.78 Å². The molecule has 0 spiro atoms. The molecule has 0 aromatic heterocycles. The fraction of sp³-hybridized carbons (Fsp3) is 0.595. The molecule has 5 rings (SSSR count). The van der Waals surface area contributed by atoms with Gasteiger partial charge < -0.3 is 24.8 Å². The van der Waals surface area contributed by atoms with E-state index in [4.69, 9.17) is 9.47 Å². The zero-order valence-electron chi connectivity index (χ0n) is 27.6. The van der Waals surface area contributed by atoms with Gasteiger partial charge >= 0.3 is 11.9 Å². The van der Waals surface area contributed by atoms with Crippen molar-refractivity contribution < 1.29 is 39.2 Å². The van der Waals surface area contributed by atoms with E-state index >= 15 is 0 Å². The van der Waals surface area contributed by atoms with Gasteiger partial charge in [0.1, 0.15) is 29.0 Å². The molecule has 0 heterocycles. The van der Waals surface area contributed by atoms with Crippen LogP contribution in [0.2, 0.25) is 0 Å². The van der Waals surface area contributed by atoms with E-state index in [9.17, 15) is 29.7 Å². The quantitative estimate of drug-likeness (QED) is 0.179. The largest absolute Gasteiger partial charge is 0.459 e. The first-order chi connectivity index (χ1) is 21.4. The number of rotatable bonds is 7. The molecule has 1 aromatic rings. The maximum atomic E-state index is 13.3. The average molecular weight is 700 g/mol. The van der Waals surface area contributed by atoms with Crippen molar-refractivity contribution in [2.45, 2.75) is 115 Å². The third kappa shape index (κ3) is 5.35. The van der Waals surface area contributed by atoms with Gasteiger partial charge in [0, 0.05) is 29.0 Å². The third-order valence-electron chi connectivity index (χ3n) is 12.2. The summed E-state index contributed by atoms with van der Waals surface area (Å²) in [6.45, 7) is 10.7. The Morgan fingerprint density at radius 3 is 2.28 bits per heavy atom. The molecule has 3 saturated carbocycles. The molecule has 0 radical (unpaired) electrons. The predicted octanol–water partition coefficient (Wildman–Crippen LogP) is 6.01. The highest BCUT2D eigenvalue weighted by atomic mass is 79.9. The third-order valence-corrected chi connectivity index (χ3v) is 12.7. The molecular weight excluding hydrogens is 652 g/mol. The number of halogens is 1. The number of fused-ring (bicyclic) bond motifs is 5. The van der Waals surface area contributed by atoms with E-state index in [-0.39, 0.29) is 37.7 Å². The molecule has 0 aliphatic heterocycles. The second-order valence-corrected chi connectivity index (χ2v) is 15.6. The summed E-state index contributed by atoms with van der Waals surface area (Å²) in [6, 6.07) is 7.58. The zero-order chi connectivity index (χ0) is 33.9. The summed E-state index contributed by atoms with van der Waals surface area (Å²) in [5, 5.41) is 37.1. The van der Waals surface area contributed by atoms with Gasteiger partial charge in [-0.2, -0.15) is 0 Å². The zero-order valence-corrected chi connectivity index (χ0v) is 29.2. The molecule has 3 N–H and O–H groups in total. The summed E-state index contributed by atoms with van der Waals surface area (Å²) < 4.78 is 12.9. The van der Waals surface area contributed by atoms with Crippen molar-refractivity contribution in [3.8, 4) is 0 Å². The minimum absolute atomic E-state index is 0.0221. The molecule has 9 heteroatoms. The summed E-state index contributed by atoms with van der Waals surface area (Å²) in [4.78, 5) is 39.0. The molecule has 4 aliphatic rings. The van der Waals surface area contributed by atoms with Gasteiger partial charge in [0.25, 0.3) is 0 Å². The van der Waals surface area contributed by atoms with Crippen molar-refractivity contribution in [2.24, 2.45) is 22.7 Å². The van der Waals surface area contributed by atoms with Crippen LogP contribution in [0.3, 0.4) is 0 Å². The monoisotopic (exact) mass is 698 g/mol. The highest BCUT2D eigenvalue weighted by Crippen LogP contribution is 2.71. The number of aliphatic hydroxyl groups is 3. The van der Waals surface area contributed by atoms with Crippen LogP contribution in [0.4, 0.5) is 0 Å². The van der Waals surface area contributed by atoms with E-state index in [2.05, 4.69) is 22.9 Å². The fourth-order valence-corrected chi connectivity index (χ4v) is 9.19. The Hall–Kier alpha value is -2.59. The Kier molecular flexibility index (Phi) is 9.16. The van der Waals surface area contributed by atoms with E-state index < -0.39 is 57.4 Å². The topological polar surface area (TPSA) is 130 Å². The van der Waals surface area contributed by atoms with Crippen LogP contribution in [0.25, 0.3) is 6.08 Å². The van der Waals surface area contributed by atoms with Crippen molar-refractivity contribution in [2.75, 3.05) is 0 Å². The summed E-state index contributed by atoms with van der Waals surface area (Å²) in [6.07, 6.45) is 6.88. The maximum Gasteiger partial charge on any atom is 0.331 e. The molecule has 46 heavy (non-hydrogen) atoms. The van der Waals surface area contributed by atoms with Crippen LogP contribution in [0.5, 0.6) is 0 Å². The lowest BCUT2D eigenvalue weighted by Gasteiger charge is -2.67. The van der Waals surface area contributed by atoms with Gasteiger partial charge in [0.05, 0.1) is 5.41 Å². The maximum absolute atomic E-state index is 13.3. The molecule has 4 aliphatic carbocycles. The average Bonchev–Trinajstić information content (AvgIpc) is 3.22. The lowest BCUT2D eigenvalue weighted by atomic mass is 9.42. The van der Waals surface area contributed by atoms with E-state index in [1.54, 1.807) is 13.0 Å². The second-order valence-electron chi connectivity index (χ2n) is 14.7. The number of Topliss-reactive ketones (excluding diaryl/α,β-unsaturated/α-hetero) is 1. The van der Waals surface area contributed by atoms with Gasteiger partial charge in [-0.3, -0.25) is 4.79 Å². The van der Waals surface area contributed by atoms with Crippen LogP contribution < -0.4 is 0 Å². The summed E-state index contributed by atoms with van der Waals surface area (Å²) in [5.41, 5.74) is -5.14. The van der Waals surface area contributed by atoms with Crippen LogP contribution in [-0.4, -0.2) is 62.1 Å². The van der Waals surface area contributed by atoms with E-state index in [0.717, 1.165) is 21.2 Å². The lowest BCUT2D eigenvalue weighted by molar-refractivity contribution is -0.314. The molecule has 8 nitrogen and oxygen atoms in total. The molecule has 250 valence electrons. The number of ketones is 1. The first-order valence-corrected chi connectivity index (χ1v) is 17.1. The number of carbonyl (C=O) groups excluding carboxylic acids is 3. The molecule has 0 saturated heterocycles. The Morgan fingerprint density at radius 1 is 0.978 bits per heavy atom. The highest BCUT2D eigenvalue weighted by molar-refractivity contribution is 9.10. The van der Waals surface area contributed by atoms with Gasteiger partial charge in [-0.1, -0.05) is 66.1 Å². The summed E-state index contributed by atoms with van der Waals surface area (Å²) >= 11 is 3.40. The number of esters is 2. The van der Waals surface area contributed by atoms with Crippen molar-refractivity contribution in [1.29, 1.82) is 0 Å². The minimum Gasteiger partial charge on any atom is -0.459 e. The van der Waals surface area contributed by atoms with Crippen LogP contribution in [-0.2, 0) is 23.9 Å². The van der Waals surface area contributed by atoms with E-state index in [1.165, 1.54) is 19.1 Å². The van der Waals surface area contributed by atoms with Gasteiger partial charge in [-0.25, -0.2) is 9.59 Å². The number of benzene rings is 1. The van der Waals surface area contributed by atoms with Crippen molar-refractivity contribution >= 4 is 39.7 Å². The van der Waals surface area contributed by atoms with Crippen LogP contribution in [0.15, 0.2) is 58.1 Å². The lowest BCUT2D eigenvalue weighted by Crippen LogP contribution is -2.78.